The van der Waals surface area contributed by atoms with E-state index in [0.29, 0.717) is 26.4 Å². The lowest BCUT2D eigenvalue weighted by Crippen LogP contribution is -2.12. The normalized spacial score (nSPS) is 10.3. The Labute approximate surface area is 110 Å². The Kier molecular flexibility index (Phi) is 7.31. The van der Waals surface area contributed by atoms with Gasteiger partial charge in [-0.05, 0) is 0 Å². The second kappa shape index (κ2) is 8.84. The fourth-order valence-electron chi connectivity index (χ4n) is 1.16. The van der Waals surface area contributed by atoms with Gasteiger partial charge in [-0.2, -0.15) is 0 Å². The Balaban J connectivity index is 2.17. The van der Waals surface area contributed by atoms with Crippen LogP contribution >= 0.6 is 11.3 Å². The second-order valence-corrected chi connectivity index (χ2v) is 4.29. The molecule has 0 fully saturated rings. The molecule has 7 heteroatoms. The molecule has 18 heavy (non-hydrogen) atoms. The van der Waals surface area contributed by atoms with Gasteiger partial charge in [-0.15, -0.1) is 11.3 Å². The summed E-state index contributed by atoms with van der Waals surface area (Å²) in [5, 5.41) is 5.74. The summed E-state index contributed by atoms with van der Waals surface area (Å²) in [5.74, 6) is -0.283. The number of carbonyl (C=O) groups excluding carboxylic acids is 1. The van der Waals surface area contributed by atoms with Gasteiger partial charge in [0, 0.05) is 19.0 Å². The Morgan fingerprint density at radius 2 is 2.22 bits per heavy atom. The lowest BCUT2D eigenvalue weighted by atomic mass is 10.3. The summed E-state index contributed by atoms with van der Waals surface area (Å²) in [6.45, 7) is 2.45. The molecule has 0 aliphatic heterocycles. The van der Waals surface area contributed by atoms with Crippen LogP contribution < -0.4 is 5.32 Å². The van der Waals surface area contributed by atoms with E-state index in [1.54, 1.807) is 7.11 Å². The predicted molar refractivity (Wildman–Crippen MR) is 69.0 cm³/mol. The molecule has 0 bridgehead atoms. The standard InChI is InChI=1S/C11H18N2O4S/c1-15-5-6-17-4-3-12-11-13-9(8-18-11)7-10(14)16-2/h8H,3-7H2,1-2H3,(H,12,13). The van der Waals surface area contributed by atoms with E-state index >= 15 is 0 Å². The summed E-state index contributed by atoms with van der Waals surface area (Å²) in [6, 6.07) is 0. The molecule has 1 aromatic heterocycles. The van der Waals surface area contributed by atoms with Crippen LogP contribution in [0.4, 0.5) is 5.13 Å². The zero-order chi connectivity index (χ0) is 13.2. The number of ether oxygens (including phenoxy) is 3. The van der Waals surface area contributed by atoms with Gasteiger partial charge >= 0.3 is 5.97 Å². The number of anilines is 1. The molecule has 1 N–H and O–H groups in total. The maximum absolute atomic E-state index is 11.0. The van der Waals surface area contributed by atoms with E-state index in [9.17, 15) is 4.79 Å². The maximum atomic E-state index is 11.0. The third kappa shape index (κ3) is 5.95. The van der Waals surface area contributed by atoms with Crippen LogP contribution in [0.3, 0.4) is 0 Å². The van der Waals surface area contributed by atoms with E-state index in [0.717, 1.165) is 10.8 Å². The zero-order valence-electron chi connectivity index (χ0n) is 10.6. The van der Waals surface area contributed by atoms with Crippen LogP contribution in [0.15, 0.2) is 5.38 Å². The van der Waals surface area contributed by atoms with Crippen LogP contribution in [-0.2, 0) is 25.4 Å². The van der Waals surface area contributed by atoms with E-state index < -0.39 is 0 Å². The molecule has 0 atom stereocenters. The molecule has 0 saturated carbocycles. The van der Waals surface area contributed by atoms with Crippen molar-refractivity contribution >= 4 is 22.4 Å². The number of hydrogen-bond donors (Lipinski definition) is 1. The van der Waals surface area contributed by atoms with Gasteiger partial charge in [0.2, 0.25) is 0 Å². The largest absolute Gasteiger partial charge is 0.469 e. The van der Waals surface area contributed by atoms with Crippen molar-refractivity contribution in [1.82, 2.24) is 4.98 Å². The van der Waals surface area contributed by atoms with E-state index in [1.165, 1.54) is 18.4 Å². The van der Waals surface area contributed by atoms with Crippen LogP contribution in [0.2, 0.25) is 0 Å². The van der Waals surface area contributed by atoms with Gasteiger partial charge < -0.3 is 19.5 Å². The highest BCUT2D eigenvalue weighted by Gasteiger charge is 2.07. The monoisotopic (exact) mass is 274 g/mol. The number of nitrogens with one attached hydrogen (secondary N) is 1. The molecule has 0 spiro atoms. The second-order valence-electron chi connectivity index (χ2n) is 3.43. The summed E-state index contributed by atoms with van der Waals surface area (Å²) in [4.78, 5) is 15.3. The number of carbonyl (C=O) groups is 1. The van der Waals surface area contributed by atoms with Crippen LogP contribution in [0, 0.1) is 0 Å². The van der Waals surface area contributed by atoms with Crippen molar-refractivity contribution in [2.45, 2.75) is 6.42 Å². The number of aromatic nitrogens is 1. The van der Waals surface area contributed by atoms with Crippen molar-refractivity contribution in [2.24, 2.45) is 0 Å². The Bertz CT molecular complexity index is 357. The molecule has 0 unspecified atom stereocenters. The molecule has 1 aromatic rings. The summed E-state index contributed by atoms with van der Waals surface area (Å²) in [7, 11) is 3.01. The van der Waals surface area contributed by atoms with Crippen LogP contribution in [0.1, 0.15) is 5.69 Å². The van der Waals surface area contributed by atoms with Crippen molar-refractivity contribution in [3.63, 3.8) is 0 Å². The first-order chi connectivity index (χ1) is 8.76. The van der Waals surface area contributed by atoms with Crippen LogP contribution in [-0.4, -0.2) is 51.5 Å². The van der Waals surface area contributed by atoms with Crippen molar-refractivity contribution in [3.8, 4) is 0 Å². The Morgan fingerprint density at radius 3 is 2.94 bits per heavy atom. The summed E-state index contributed by atoms with van der Waals surface area (Å²) in [6.07, 6.45) is 0.207. The van der Waals surface area contributed by atoms with Crippen molar-refractivity contribution < 1.29 is 19.0 Å². The molecule has 102 valence electrons. The quantitative estimate of drug-likeness (QED) is 0.534. The molecule has 0 aromatic carbocycles. The summed E-state index contributed by atoms with van der Waals surface area (Å²) < 4.78 is 14.7. The number of esters is 1. The van der Waals surface area contributed by atoms with Crippen molar-refractivity contribution in [1.29, 1.82) is 0 Å². The fraction of sp³-hybridized carbons (Fsp3) is 0.636. The number of hydrogen-bond acceptors (Lipinski definition) is 7. The third-order valence-electron chi connectivity index (χ3n) is 2.06. The summed E-state index contributed by atoms with van der Waals surface area (Å²) >= 11 is 1.46. The summed E-state index contributed by atoms with van der Waals surface area (Å²) in [5.41, 5.74) is 0.717. The molecular weight excluding hydrogens is 256 g/mol. The van der Waals surface area contributed by atoms with Gasteiger partial charge in [0.1, 0.15) is 0 Å². The van der Waals surface area contributed by atoms with E-state index in [1.807, 2.05) is 5.38 Å². The van der Waals surface area contributed by atoms with E-state index in [-0.39, 0.29) is 12.4 Å². The average molecular weight is 274 g/mol. The Hall–Kier alpha value is -1.18. The Morgan fingerprint density at radius 1 is 1.39 bits per heavy atom. The minimum atomic E-state index is -0.283. The van der Waals surface area contributed by atoms with Gasteiger partial charge in [-0.25, -0.2) is 4.98 Å². The molecular formula is C11H18N2O4S. The van der Waals surface area contributed by atoms with E-state index in [4.69, 9.17) is 9.47 Å². The molecule has 6 nitrogen and oxygen atoms in total. The first-order valence-corrected chi connectivity index (χ1v) is 6.46. The molecule has 0 radical (unpaired) electrons. The van der Waals surface area contributed by atoms with E-state index in [2.05, 4.69) is 15.0 Å². The SMILES string of the molecule is COCCOCCNc1nc(CC(=O)OC)cs1. The predicted octanol–water partition coefficient (Wildman–Crippen LogP) is 0.934. The van der Waals surface area contributed by atoms with Gasteiger partial charge in [-0.3, -0.25) is 4.79 Å². The average Bonchev–Trinajstić information content (AvgIpc) is 2.81. The first kappa shape index (κ1) is 14.9. The van der Waals surface area contributed by atoms with Crippen molar-refractivity contribution in [2.75, 3.05) is 45.9 Å². The molecule has 1 rings (SSSR count). The number of nitrogens with zero attached hydrogens (tertiary/aromatic N) is 1. The van der Waals surface area contributed by atoms with Gasteiger partial charge in [0.05, 0.1) is 39.0 Å². The van der Waals surface area contributed by atoms with Crippen LogP contribution in [0.5, 0.6) is 0 Å². The lowest BCUT2D eigenvalue weighted by molar-refractivity contribution is -0.139. The fourth-order valence-corrected chi connectivity index (χ4v) is 1.90. The van der Waals surface area contributed by atoms with Gasteiger partial charge in [-0.1, -0.05) is 0 Å². The highest BCUT2D eigenvalue weighted by molar-refractivity contribution is 7.13. The molecule has 1 heterocycles. The minimum Gasteiger partial charge on any atom is -0.469 e. The number of thiazole rings is 1. The molecule has 0 aliphatic rings. The highest BCUT2D eigenvalue weighted by atomic mass is 32.1. The lowest BCUT2D eigenvalue weighted by Gasteiger charge is -2.04. The topological polar surface area (TPSA) is 69.7 Å². The van der Waals surface area contributed by atoms with Gasteiger partial charge in [0.15, 0.2) is 5.13 Å². The highest BCUT2D eigenvalue weighted by Crippen LogP contribution is 2.15. The smallest absolute Gasteiger partial charge is 0.311 e. The molecule has 0 saturated heterocycles. The van der Waals surface area contributed by atoms with Gasteiger partial charge in [0.25, 0.3) is 0 Å². The number of rotatable bonds is 9. The van der Waals surface area contributed by atoms with Crippen molar-refractivity contribution in [3.05, 3.63) is 11.1 Å². The minimum absolute atomic E-state index is 0.207. The zero-order valence-corrected chi connectivity index (χ0v) is 11.4. The first-order valence-electron chi connectivity index (χ1n) is 5.58. The maximum Gasteiger partial charge on any atom is 0.311 e. The number of methoxy groups -OCH3 is 2. The molecule has 0 aliphatic carbocycles. The molecule has 0 amide bonds. The van der Waals surface area contributed by atoms with Crippen LogP contribution in [0.25, 0.3) is 0 Å². The third-order valence-corrected chi connectivity index (χ3v) is 2.91.